The van der Waals surface area contributed by atoms with E-state index in [1.807, 2.05) is 0 Å². The van der Waals surface area contributed by atoms with Gasteiger partial charge in [-0.3, -0.25) is 0 Å². The van der Waals surface area contributed by atoms with Gasteiger partial charge < -0.3 is 24.8 Å². The zero-order chi connectivity index (χ0) is 15.9. The van der Waals surface area contributed by atoms with Gasteiger partial charge in [0.05, 0.1) is 0 Å². The Morgan fingerprint density at radius 3 is 2.29 bits per heavy atom. The van der Waals surface area contributed by atoms with E-state index in [2.05, 4.69) is 71.1 Å². The molecule has 0 fully saturated rings. The first kappa shape index (κ1) is 21.9. The van der Waals surface area contributed by atoms with Crippen LogP contribution in [0, 0.1) is 0 Å². The topological polar surface area (TPSA) is 0 Å². The van der Waals surface area contributed by atoms with Crippen molar-refractivity contribution >= 4 is 6.08 Å². The summed E-state index contributed by atoms with van der Waals surface area (Å²) >= 11 is -0.562. The first-order valence-electron chi connectivity index (χ1n) is 8.45. The third-order valence-electron chi connectivity index (χ3n) is 4.79. The summed E-state index contributed by atoms with van der Waals surface area (Å²) in [6.45, 7) is 11.7. The van der Waals surface area contributed by atoms with Gasteiger partial charge in [-0.15, -0.1) is 0 Å². The molecule has 0 saturated carbocycles. The largest absolute Gasteiger partial charge is 1.00 e. The normalized spacial score (nSPS) is 17.9. The fourth-order valence-electron chi connectivity index (χ4n) is 3.43. The molecule has 2 aliphatic rings. The fourth-order valence-corrected chi connectivity index (χ4v) is 7.12. The van der Waals surface area contributed by atoms with Crippen molar-refractivity contribution in [3.05, 3.63) is 61.5 Å². The molecule has 0 heterocycles. The van der Waals surface area contributed by atoms with Crippen molar-refractivity contribution in [3.63, 3.8) is 0 Å². The average Bonchev–Trinajstić information content (AvgIpc) is 3.07. The Kier molecular flexibility index (Phi) is 8.25. The van der Waals surface area contributed by atoms with Crippen LogP contribution < -0.4 is 24.8 Å². The van der Waals surface area contributed by atoms with Crippen molar-refractivity contribution < 1.29 is 48.0 Å². The van der Waals surface area contributed by atoms with Gasteiger partial charge in [-0.05, 0) is 0 Å². The van der Waals surface area contributed by atoms with Gasteiger partial charge in [0.2, 0.25) is 0 Å². The molecule has 0 saturated heterocycles. The molecule has 0 aromatic heterocycles. The van der Waals surface area contributed by atoms with Gasteiger partial charge in [-0.25, -0.2) is 0 Å². The monoisotopic (exact) mass is 438 g/mol. The SMILES string of the molecule is CC1=Cc2c(C(C)C)cc(C(C)C)cc2[CH]1[Zr+2][C]1=CC=CC1.[Cl-].[Cl-]. The van der Waals surface area contributed by atoms with Gasteiger partial charge in [0, 0.05) is 0 Å². The molecule has 3 heteroatoms. The number of allylic oxidation sites excluding steroid dienone is 5. The van der Waals surface area contributed by atoms with E-state index in [1.54, 1.807) is 25.5 Å². The Morgan fingerprint density at radius 2 is 1.75 bits per heavy atom. The molecule has 24 heavy (non-hydrogen) atoms. The van der Waals surface area contributed by atoms with Crippen LogP contribution in [0.25, 0.3) is 6.08 Å². The minimum atomic E-state index is -0.562. The second-order valence-corrected chi connectivity index (χ2v) is 10.9. The molecule has 0 amide bonds. The molecule has 2 aliphatic carbocycles. The smallest absolute Gasteiger partial charge is 1.00 e. The molecule has 1 aromatic rings. The van der Waals surface area contributed by atoms with E-state index < -0.39 is 23.2 Å². The summed E-state index contributed by atoms with van der Waals surface area (Å²) in [7, 11) is 0. The van der Waals surface area contributed by atoms with Gasteiger partial charge >= 0.3 is 147 Å². The maximum Gasteiger partial charge on any atom is -1.00 e. The van der Waals surface area contributed by atoms with Crippen molar-refractivity contribution in [3.8, 4) is 0 Å². The van der Waals surface area contributed by atoms with Gasteiger partial charge in [-0.1, -0.05) is 0 Å². The predicted octanol–water partition coefficient (Wildman–Crippen LogP) is 0.326. The van der Waals surface area contributed by atoms with Crippen LogP contribution >= 0.6 is 0 Å². The summed E-state index contributed by atoms with van der Waals surface area (Å²) in [6.07, 6.45) is 10.6. The van der Waals surface area contributed by atoms with Crippen LogP contribution in [0.1, 0.15) is 78.8 Å². The number of benzene rings is 1. The van der Waals surface area contributed by atoms with E-state index in [4.69, 9.17) is 0 Å². The third-order valence-corrected chi connectivity index (χ3v) is 9.21. The number of hydrogen-bond acceptors (Lipinski definition) is 0. The second-order valence-electron chi connectivity index (χ2n) is 7.21. The van der Waals surface area contributed by atoms with Crippen molar-refractivity contribution in [1.82, 2.24) is 0 Å². The van der Waals surface area contributed by atoms with Crippen LogP contribution in [0.5, 0.6) is 0 Å². The Bertz CT molecular complexity index is 681. The molecule has 0 radical (unpaired) electrons. The molecular formula is C21H26Cl2Zr. The molecule has 0 spiro atoms. The standard InChI is InChI=1S/C16H21.C5H5.2ClH.Zr/c1-10(2)13-8-14-6-12(5)7-16(14)15(9-13)11(3)4;1-2-4-5-3-1;;;/h6-11H,1-5H3;1-3H,4H2;2*1H;/q;;;;+2/p-2. The average molecular weight is 441 g/mol. The number of hydrogen-bond donors (Lipinski definition) is 0. The minimum Gasteiger partial charge on any atom is -1.00 e. The maximum absolute atomic E-state index is 2.52. The molecule has 1 atom stereocenters. The first-order valence-corrected chi connectivity index (χ1v) is 11.1. The zero-order valence-electron chi connectivity index (χ0n) is 15.2. The second kappa shape index (κ2) is 9.02. The zero-order valence-corrected chi connectivity index (χ0v) is 19.1. The van der Waals surface area contributed by atoms with Gasteiger partial charge in [0.15, 0.2) is 0 Å². The van der Waals surface area contributed by atoms with Crippen LogP contribution in [0.3, 0.4) is 0 Å². The Balaban J connectivity index is 0.00000144. The number of fused-ring (bicyclic) bond motifs is 1. The van der Waals surface area contributed by atoms with Crippen LogP contribution in [0.2, 0.25) is 0 Å². The van der Waals surface area contributed by atoms with Gasteiger partial charge in [-0.2, -0.15) is 0 Å². The summed E-state index contributed by atoms with van der Waals surface area (Å²) in [5, 5.41) is 0. The minimum absolute atomic E-state index is 0. The number of halogens is 2. The molecule has 0 N–H and O–H groups in total. The Hall–Kier alpha value is -0.0969. The van der Waals surface area contributed by atoms with Crippen LogP contribution in [-0.2, 0) is 23.2 Å². The van der Waals surface area contributed by atoms with E-state index in [1.165, 1.54) is 12.0 Å². The van der Waals surface area contributed by atoms with Crippen molar-refractivity contribution in [2.75, 3.05) is 0 Å². The van der Waals surface area contributed by atoms with Gasteiger partial charge in [0.25, 0.3) is 0 Å². The fraction of sp³-hybridized carbons (Fsp3) is 0.429. The van der Waals surface area contributed by atoms with E-state index in [0.717, 1.165) is 3.63 Å². The van der Waals surface area contributed by atoms with Crippen LogP contribution in [-0.4, -0.2) is 0 Å². The predicted molar refractivity (Wildman–Crippen MR) is 92.9 cm³/mol. The van der Waals surface area contributed by atoms with E-state index >= 15 is 0 Å². The van der Waals surface area contributed by atoms with Gasteiger partial charge in [0.1, 0.15) is 0 Å². The van der Waals surface area contributed by atoms with Crippen molar-refractivity contribution in [2.45, 2.75) is 56.5 Å². The first-order chi connectivity index (χ1) is 10.5. The Labute approximate surface area is 171 Å². The summed E-state index contributed by atoms with van der Waals surface area (Å²) < 4.78 is 2.50. The third kappa shape index (κ3) is 4.35. The maximum atomic E-state index is 2.52. The van der Waals surface area contributed by atoms with E-state index in [-0.39, 0.29) is 24.8 Å². The molecule has 128 valence electrons. The molecule has 0 bridgehead atoms. The summed E-state index contributed by atoms with van der Waals surface area (Å²) in [5.41, 5.74) is 7.88. The van der Waals surface area contributed by atoms with Crippen LogP contribution in [0.15, 0.2) is 39.2 Å². The molecule has 1 aromatic carbocycles. The van der Waals surface area contributed by atoms with Crippen molar-refractivity contribution in [2.24, 2.45) is 0 Å². The summed E-state index contributed by atoms with van der Waals surface area (Å²) in [4.78, 5) is 0. The molecule has 0 nitrogen and oxygen atoms in total. The summed E-state index contributed by atoms with van der Waals surface area (Å²) in [6, 6.07) is 4.98. The number of rotatable bonds is 4. The molecule has 0 aliphatic heterocycles. The molecule has 1 unspecified atom stereocenters. The summed E-state index contributed by atoms with van der Waals surface area (Å²) in [5.74, 6) is 1.22. The quantitative estimate of drug-likeness (QED) is 0.633. The van der Waals surface area contributed by atoms with E-state index in [9.17, 15) is 0 Å². The van der Waals surface area contributed by atoms with E-state index in [0.29, 0.717) is 11.8 Å². The molecule has 3 rings (SSSR count). The van der Waals surface area contributed by atoms with Crippen molar-refractivity contribution in [1.29, 1.82) is 0 Å². The van der Waals surface area contributed by atoms with Crippen LogP contribution in [0.4, 0.5) is 0 Å². The Morgan fingerprint density at radius 1 is 1.04 bits per heavy atom. The molecular weight excluding hydrogens is 414 g/mol.